The molecule has 8 heteroatoms. The van der Waals surface area contributed by atoms with Crippen LogP contribution >= 0.6 is 11.8 Å². The molecule has 4 amide bonds. The Morgan fingerprint density at radius 1 is 0.964 bits per heavy atom. The Bertz CT molecular complexity index is 1020. The number of carbonyl (C=O) groups is 4. The van der Waals surface area contributed by atoms with Crippen LogP contribution < -0.4 is 4.90 Å². The maximum atomic E-state index is 13.0. The first-order valence-corrected chi connectivity index (χ1v) is 9.22. The summed E-state index contributed by atoms with van der Waals surface area (Å²) in [6.45, 7) is 0. The summed E-state index contributed by atoms with van der Waals surface area (Å²) in [6.07, 6.45) is 1.20. The Hall–Kier alpha value is -3.26. The molecule has 2 fully saturated rings. The third-order valence-corrected chi connectivity index (χ3v) is 5.32. The predicted molar refractivity (Wildman–Crippen MR) is 102 cm³/mol. The van der Waals surface area contributed by atoms with Gasteiger partial charge in [0.15, 0.2) is 0 Å². The molecule has 140 valence electrons. The van der Waals surface area contributed by atoms with Crippen LogP contribution in [0.1, 0.15) is 12.0 Å². The van der Waals surface area contributed by atoms with Crippen LogP contribution in [0.5, 0.6) is 0 Å². The summed E-state index contributed by atoms with van der Waals surface area (Å²) in [5.41, 5.74) is 0.945. The number of nitrogens with zero attached hydrogens (tertiary/aromatic N) is 2. The predicted octanol–water partition coefficient (Wildman–Crippen LogP) is 3.19. The monoisotopic (exact) mass is 396 g/mol. The van der Waals surface area contributed by atoms with E-state index in [2.05, 4.69) is 0 Å². The van der Waals surface area contributed by atoms with E-state index in [0.717, 1.165) is 9.80 Å². The van der Waals surface area contributed by atoms with Gasteiger partial charge in [0.2, 0.25) is 5.91 Å². The third kappa shape index (κ3) is 3.11. The number of hydrogen-bond donors (Lipinski definition) is 0. The molecular formula is C20H13FN2O4S. The minimum Gasteiger partial charge on any atom is -0.274 e. The molecule has 0 bridgehead atoms. The number of rotatable bonds is 3. The van der Waals surface area contributed by atoms with Crippen molar-refractivity contribution < 1.29 is 23.6 Å². The van der Waals surface area contributed by atoms with E-state index in [1.807, 2.05) is 0 Å². The molecule has 2 aromatic rings. The number of carbonyl (C=O) groups excluding carboxylic acids is 4. The van der Waals surface area contributed by atoms with Gasteiger partial charge in [0.05, 0.1) is 17.0 Å². The summed E-state index contributed by atoms with van der Waals surface area (Å²) in [5.74, 6) is -2.13. The lowest BCUT2D eigenvalue weighted by molar-refractivity contribution is -0.130. The number of amides is 4. The quantitative estimate of drug-likeness (QED) is 0.588. The van der Waals surface area contributed by atoms with Crippen molar-refractivity contribution in [2.24, 2.45) is 0 Å². The van der Waals surface area contributed by atoms with Crippen LogP contribution in [-0.4, -0.2) is 33.9 Å². The van der Waals surface area contributed by atoms with E-state index in [-0.39, 0.29) is 11.3 Å². The number of anilines is 1. The summed E-state index contributed by atoms with van der Waals surface area (Å²) in [4.78, 5) is 52.2. The Kier molecular flexibility index (Phi) is 4.56. The molecule has 2 aromatic carbocycles. The molecule has 1 atom stereocenters. The van der Waals surface area contributed by atoms with E-state index < -0.39 is 34.8 Å². The molecule has 4 rings (SSSR count). The molecule has 28 heavy (non-hydrogen) atoms. The Morgan fingerprint density at radius 2 is 1.64 bits per heavy atom. The second kappa shape index (κ2) is 7.05. The standard InChI is InChI=1S/C20H13FN2O4S/c21-13-8-6-12(7-9-13)10-16-19(26)23(20(27)28-16)15-11-17(24)22(18(15)25)14-4-2-1-3-5-14/h1-10,15H,11H2/b16-10-/t15-/m0/s1. The van der Waals surface area contributed by atoms with Gasteiger partial charge in [0.1, 0.15) is 11.9 Å². The van der Waals surface area contributed by atoms with Crippen LogP contribution in [0.25, 0.3) is 6.08 Å². The van der Waals surface area contributed by atoms with Gasteiger partial charge >= 0.3 is 0 Å². The molecule has 0 saturated carbocycles. The van der Waals surface area contributed by atoms with E-state index in [4.69, 9.17) is 0 Å². The molecule has 2 aliphatic rings. The molecule has 0 spiro atoms. The van der Waals surface area contributed by atoms with Crippen LogP contribution in [0.2, 0.25) is 0 Å². The molecule has 0 radical (unpaired) electrons. The molecule has 2 heterocycles. The summed E-state index contributed by atoms with van der Waals surface area (Å²) in [5, 5.41) is -0.612. The first-order valence-electron chi connectivity index (χ1n) is 8.40. The number of para-hydroxylation sites is 1. The zero-order chi connectivity index (χ0) is 19.8. The summed E-state index contributed by atoms with van der Waals surface area (Å²) in [7, 11) is 0. The van der Waals surface area contributed by atoms with E-state index >= 15 is 0 Å². The average molecular weight is 396 g/mol. The first-order chi connectivity index (χ1) is 13.5. The Labute approximate surface area is 163 Å². The van der Waals surface area contributed by atoms with Crippen LogP contribution in [0.15, 0.2) is 59.5 Å². The zero-order valence-electron chi connectivity index (χ0n) is 14.4. The van der Waals surface area contributed by atoms with Gasteiger partial charge in [-0.2, -0.15) is 0 Å². The maximum absolute atomic E-state index is 13.0. The minimum absolute atomic E-state index is 0.120. The SMILES string of the molecule is O=C1C[C@H](N2C(=O)S/C(=C\c3ccc(F)cc3)C2=O)C(=O)N1c1ccccc1. The van der Waals surface area contributed by atoms with Crippen LogP contribution in [0.4, 0.5) is 14.9 Å². The second-order valence-corrected chi connectivity index (χ2v) is 7.22. The van der Waals surface area contributed by atoms with Crippen LogP contribution in [0, 0.1) is 5.82 Å². The van der Waals surface area contributed by atoms with Gasteiger partial charge in [-0.05, 0) is 47.7 Å². The van der Waals surface area contributed by atoms with E-state index in [0.29, 0.717) is 23.0 Å². The van der Waals surface area contributed by atoms with Crippen molar-refractivity contribution in [2.45, 2.75) is 12.5 Å². The highest BCUT2D eigenvalue weighted by molar-refractivity contribution is 8.18. The van der Waals surface area contributed by atoms with Crippen molar-refractivity contribution >= 4 is 46.5 Å². The van der Waals surface area contributed by atoms with Gasteiger partial charge in [-0.25, -0.2) is 9.29 Å². The smallest absolute Gasteiger partial charge is 0.274 e. The van der Waals surface area contributed by atoms with Gasteiger partial charge < -0.3 is 0 Å². The van der Waals surface area contributed by atoms with Crippen LogP contribution in [-0.2, 0) is 14.4 Å². The number of hydrogen-bond acceptors (Lipinski definition) is 5. The maximum Gasteiger partial charge on any atom is 0.294 e. The molecule has 0 aromatic heterocycles. The summed E-state index contributed by atoms with van der Waals surface area (Å²) in [6, 6.07) is 12.6. The third-order valence-electron chi connectivity index (χ3n) is 4.44. The molecule has 0 N–H and O–H groups in total. The van der Waals surface area contributed by atoms with Gasteiger partial charge in [0.25, 0.3) is 17.1 Å². The molecule has 0 unspecified atom stereocenters. The van der Waals surface area contributed by atoms with Gasteiger partial charge in [-0.15, -0.1) is 0 Å². The average Bonchev–Trinajstić information content (AvgIpc) is 3.12. The van der Waals surface area contributed by atoms with Crippen molar-refractivity contribution in [3.63, 3.8) is 0 Å². The van der Waals surface area contributed by atoms with E-state index in [9.17, 15) is 23.6 Å². The topological polar surface area (TPSA) is 74.8 Å². The number of halogens is 1. The molecular weight excluding hydrogens is 383 g/mol. The van der Waals surface area contributed by atoms with E-state index in [1.165, 1.54) is 30.3 Å². The summed E-state index contributed by atoms with van der Waals surface area (Å²) < 4.78 is 13.0. The number of benzene rings is 2. The lowest BCUT2D eigenvalue weighted by Gasteiger charge is -2.19. The Morgan fingerprint density at radius 3 is 2.32 bits per heavy atom. The van der Waals surface area contributed by atoms with Crippen molar-refractivity contribution in [1.29, 1.82) is 0 Å². The van der Waals surface area contributed by atoms with Gasteiger partial charge in [-0.3, -0.25) is 24.1 Å². The zero-order valence-corrected chi connectivity index (χ0v) is 15.2. The molecule has 0 aliphatic carbocycles. The highest BCUT2D eigenvalue weighted by Crippen LogP contribution is 2.37. The van der Waals surface area contributed by atoms with Crippen molar-refractivity contribution in [1.82, 2.24) is 4.90 Å². The summed E-state index contributed by atoms with van der Waals surface area (Å²) >= 11 is 0.691. The highest BCUT2D eigenvalue weighted by atomic mass is 32.2. The fraction of sp³-hybridized carbons (Fsp3) is 0.100. The normalized spacial score (nSPS) is 21.3. The first kappa shape index (κ1) is 18.1. The molecule has 2 aliphatic heterocycles. The lowest BCUT2D eigenvalue weighted by atomic mass is 10.2. The van der Waals surface area contributed by atoms with Crippen LogP contribution in [0.3, 0.4) is 0 Å². The Balaban J connectivity index is 1.60. The largest absolute Gasteiger partial charge is 0.294 e. The highest BCUT2D eigenvalue weighted by Gasteiger charge is 2.50. The minimum atomic E-state index is -1.17. The van der Waals surface area contributed by atoms with Crippen molar-refractivity contribution in [3.8, 4) is 0 Å². The van der Waals surface area contributed by atoms with Crippen molar-refractivity contribution in [3.05, 3.63) is 70.9 Å². The second-order valence-electron chi connectivity index (χ2n) is 6.23. The fourth-order valence-electron chi connectivity index (χ4n) is 3.12. The molecule has 2 saturated heterocycles. The number of imide groups is 2. The van der Waals surface area contributed by atoms with Gasteiger partial charge in [-0.1, -0.05) is 30.3 Å². The van der Waals surface area contributed by atoms with E-state index in [1.54, 1.807) is 30.3 Å². The fourth-order valence-corrected chi connectivity index (χ4v) is 4.00. The van der Waals surface area contributed by atoms with Gasteiger partial charge in [0, 0.05) is 0 Å². The lowest BCUT2D eigenvalue weighted by Crippen LogP contribution is -2.44. The van der Waals surface area contributed by atoms with Crippen molar-refractivity contribution in [2.75, 3.05) is 4.90 Å². The number of thioether (sulfide) groups is 1. The molecule has 6 nitrogen and oxygen atoms in total.